The molecule has 1 atom stereocenters. The summed E-state index contributed by atoms with van der Waals surface area (Å²) < 4.78 is 0. The highest BCUT2D eigenvalue weighted by atomic mass is 16.3. The average molecular weight is 261 g/mol. The largest absolute Gasteiger partial charge is 0.390 e. The lowest BCUT2D eigenvalue weighted by Crippen LogP contribution is -2.54. The molecule has 1 aromatic carbocycles. The lowest BCUT2D eigenvalue weighted by molar-refractivity contribution is 0.00177. The van der Waals surface area contributed by atoms with Gasteiger partial charge in [0.05, 0.1) is 5.60 Å². The van der Waals surface area contributed by atoms with Crippen molar-refractivity contribution in [2.75, 3.05) is 14.1 Å². The molecule has 1 N–H and O–H groups in total. The zero-order valence-corrected chi connectivity index (χ0v) is 12.7. The third kappa shape index (κ3) is 3.01. The van der Waals surface area contributed by atoms with Gasteiger partial charge in [-0.05, 0) is 52.8 Å². The molecule has 2 rings (SSSR count). The van der Waals surface area contributed by atoms with E-state index in [1.165, 1.54) is 24.8 Å². The van der Waals surface area contributed by atoms with Crippen LogP contribution < -0.4 is 0 Å². The maximum atomic E-state index is 10.2. The SMILES string of the molecule is CN(C)C(CC(C)(C)O)C1(c2ccccc2)CCC1. The minimum Gasteiger partial charge on any atom is -0.390 e. The molecule has 1 unspecified atom stereocenters. The molecule has 0 bridgehead atoms. The van der Waals surface area contributed by atoms with Crippen LogP contribution in [0.2, 0.25) is 0 Å². The van der Waals surface area contributed by atoms with E-state index in [2.05, 4.69) is 49.3 Å². The number of nitrogens with zero attached hydrogens (tertiary/aromatic N) is 1. The first kappa shape index (κ1) is 14.5. The third-order valence-corrected chi connectivity index (χ3v) is 4.55. The standard InChI is InChI=1S/C17H27NO/c1-16(2,19)13-15(18(3)4)17(11-8-12-17)14-9-6-5-7-10-14/h5-7,9-10,15,19H,8,11-13H2,1-4H3. The molecule has 0 radical (unpaired) electrons. The molecule has 0 aromatic heterocycles. The minimum absolute atomic E-state index is 0.227. The summed E-state index contributed by atoms with van der Waals surface area (Å²) >= 11 is 0. The summed E-state index contributed by atoms with van der Waals surface area (Å²) in [5.74, 6) is 0. The number of hydrogen-bond acceptors (Lipinski definition) is 2. The number of hydrogen-bond donors (Lipinski definition) is 1. The molecule has 1 saturated carbocycles. The van der Waals surface area contributed by atoms with Crippen LogP contribution in [0.3, 0.4) is 0 Å². The molecule has 1 aromatic rings. The molecule has 0 heterocycles. The van der Waals surface area contributed by atoms with E-state index in [0.29, 0.717) is 6.04 Å². The second-order valence-electron chi connectivity index (χ2n) is 6.87. The maximum absolute atomic E-state index is 10.2. The number of rotatable bonds is 5. The monoisotopic (exact) mass is 261 g/mol. The predicted molar refractivity (Wildman–Crippen MR) is 80.4 cm³/mol. The summed E-state index contributed by atoms with van der Waals surface area (Å²) in [6, 6.07) is 11.2. The van der Waals surface area contributed by atoms with Crippen molar-refractivity contribution in [2.24, 2.45) is 0 Å². The molecule has 106 valence electrons. The zero-order valence-electron chi connectivity index (χ0n) is 12.7. The van der Waals surface area contributed by atoms with Gasteiger partial charge in [0.15, 0.2) is 0 Å². The van der Waals surface area contributed by atoms with Crippen molar-refractivity contribution in [1.82, 2.24) is 4.90 Å². The highest BCUT2D eigenvalue weighted by Gasteiger charge is 2.47. The highest BCUT2D eigenvalue weighted by molar-refractivity contribution is 5.30. The number of likely N-dealkylation sites (N-methyl/N-ethyl adjacent to an activating group) is 1. The Labute approximate surface area is 117 Å². The summed E-state index contributed by atoms with van der Waals surface area (Å²) in [5.41, 5.74) is 1.04. The third-order valence-electron chi connectivity index (χ3n) is 4.55. The van der Waals surface area contributed by atoms with E-state index in [-0.39, 0.29) is 5.41 Å². The number of benzene rings is 1. The van der Waals surface area contributed by atoms with Crippen molar-refractivity contribution in [3.8, 4) is 0 Å². The smallest absolute Gasteiger partial charge is 0.0607 e. The van der Waals surface area contributed by atoms with Crippen molar-refractivity contribution < 1.29 is 5.11 Å². The van der Waals surface area contributed by atoms with Crippen molar-refractivity contribution >= 4 is 0 Å². The summed E-state index contributed by atoms with van der Waals surface area (Å²) in [6.07, 6.45) is 4.58. The molecular weight excluding hydrogens is 234 g/mol. The average Bonchev–Trinajstić information content (AvgIpc) is 2.26. The molecule has 1 aliphatic rings. The molecule has 0 aliphatic heterocycles. The Morgan fingerprint density at radius 3 is 2.16 bits per heavy atom. The van der Waals surface area contributed by atoms with Crippen molar-refractivity contribution in [3.05, 3.63) is 35.9 Å². The van der Waals surface area contributed by atoms with E-state index in [0.717, 1.165) is 6.42 Å². The van der Waals surface area contributed by atoms with Gasteiger partial charge in [-0.25, -0.2) is 0 Å². The number of aliphatic hydroxyl groups is 1. The van der Waals surface area contributed by atoms with Gasteiger partial charge in [0.1, 0.15) is 0 Å². The van der Waals surface area contributed by atoms with E-state index in [1.807, 2.05) is 13.8 Å². The molecule has 0 amide bonds. The zero-order chi connectivity index (χ0) is 14.1. The quantitative estimate of drug-likeness (QED) is 0.880. The van der Waals surface area contributed by atoms with Crippen molar-refractivity contribution in [1.29, 1.82) is 0 Å². The molecule has 2 nitrogen and oxygen atoms in total. The van der Waals surface area contributed by atoms with Gasteiger partial charge >= 0.3 is 0 Å². The van der Waals surface area contributed by atoms with Gasteiger partial charge in [0, 0.05) is 11.5 Å². The van der Waals surface area contributed by atoms with Crippen LogP contribution in [0.1, 0.15) is 45.1 Å². The van der Waals surface area contributed by atoms with Crippen LogP contribution >= 0.6 is 0 Å². The molecular formula is C17H27NO. The van der Waals surface area contributed by atoms with Gasteiger partial charge in [-0.15, -0.1) is 0 Å². The fourth-order valence-corrected chi connectivity index (χ4v) is 3.49. The van der Waals surface area contributed by atoms with Gasteiger partial charge in [-0.2, -0.15) is 0 Å². The summed E-state index contributed by atoms with van der Waals surface area (Å²) in [5, 5.41) is 10.2. The van der Waals surface area contributed by atoms with E-state index in [9.17, 15) is 5.11 Å². The second-order valence-corrected chi connectivity index (χ2v) is 6.87. The molecule has 0 spiro atoms. The normalized spacial score (nSPS) is 20.1. The first-order chi connectivity index (χ1) is 8.85. The van der Waals surface area contributed by atoms with E-state index < -0.39 is 5.60 Å². The second kappa shape index (κ2) is 5.26. The fourth-order valence-electron chi connectivity index (χ4n) is 3.49. The van der Waals surface area contributed by atoms with Gasteiger partial charge in [-0.1, -0.05) is 36.8 Å². The maximum Gasteiger partial charge on any atom is 0.0607 e. The van der Waals surface area contributed by atoms with Gasteiger partial charge in [0.2, 0.25) is 0 Å². The van der Waals surface area contributed by atoms with Crippen LogP contribution in [0.15, 0.2) is 30.3 Å². The van der Waals surface area contributed by atoms with E-state index in [4.69, 9.17) is 0 Å². The van der Waals surface area contributed by atoms with Crippen LogP contribution in [-0.2, 0) is 5.41 Å². The molecule has 1 aliphatic carbocycles. The summed E-state index contributed by atoms with van der Waals surface area (Å²) in [4.78, 5) is 2.30. The predicted octanol–water partition coefficient (Wildman–Crippen LogP) is 3.20. The Balaban J connectivity index is 2.32. The van der Waals surface area contributed by atoms with E-state index in [1.54, 1.807) is 0 Å². The minimum atomic E-state index is -0.619. The molecule has 0 saturated heterocycles. The van der Waals surface area contributed by atoms with Gasteiger partial charge in [-0.3, -0.25) is 0 Å². The molecule has 19 heavy (non-hydrogen) atoms. The lowest BCUT2D eigenvalue weighted by Gasteiger charge is -2.52. The Morgan fingerprint density at radius 1 is 1.21 bits per heavy atom. The fraction of sp³-hybridized carbons (Fsp3) is 0.647. The van der Waals surface area contributed by atoms with Crippen LogP contribution in [0.4, 0.5) is 0 Å². The van der Waals surface area contributed by atoms with Crippen LogP contribution in [0.5, 0.6) is 0 Å². The van der Waals surface area contributed by atoms with Crippen molar-refractivity contribution in [3.63, 3.8) is 0 Å². The first-order valence-electron chi connectivity index (χ1n) is 7.29. The Kier molecular flexibility index (Phi) is 4.03. The highest BCUT2D eigenvalue weighted by Crippen LogP contribution is 2.49. The molecule has 1 fully saturated rings. The summed E-state index contributed by atoms with van der Waals surface area (Å²) in [7, 11) is 4.28. The molecule has 2 heteroatoms. The topological polar surface area (TPSA) is 23.5 Å². The first-order valence-corrected chi connectivity index (χ1v) is 7.29. The Morgan fingerprint density at radius 2 is 1.79 bits per heavy atom. The van der Waals surface area contributed by atoms with Crippen LogP contribution in [0, 0.1) is 0 Å². The van der Waals surface area contributed by atoms with Crippen LogP contribution in [0.25, 0.3) is 0 Å². The van der Waals surface area contributed by atoms with Gasteiger partial charge in [0.25, 0.3) is 0 Å². The Hall–Kier alpha value is -0.860. The van der Waals surface area contributed by atoms with E-state index >= 15 is 0 Å². The lowest BCUT2D eigenvalue weighted by atomic mass is 9.58. The Bertz CT molecular complexity index is 401. The van der Waals surface area contributed by atoms with Crippen molar-refractivity contribution in [2.45, 2.75) is 56.6 Å². The van der Waals surface area contributed by atoms with Crippen LogP contribution in [-0.4, -0.2) is 35.7 Å². The summed E-state index contributed by atoms with van der Waals surface area (Å²) in [6.45, 7) is 3.84. The van der Waals surface area contributed by atoms with Gasteiger partial charge < -0.3 is 10.0 Å².